The van der Waals surface area contributed by atoms with Crippen LogP contribution in [-0.4, -0.2) is 94.7 Å². The number of imidazole rings is 1. The van der Waals surface area contributed by atoms with E-state index in [2.05, 4.69) is 31.8 Å². The van der Waals surface area contributed by atoms with Gasteiger partial charge < -0.3 is 33.8 Å². The molecular weight excluding hydrogens is 616 g/mol. The highest BCUT2D eigenvalue weighted by atomic mass is 35.5. The SMILES string of the molecule is COc1cc(CO)c(-c2cn3ccc(N4CCN(c5nccc(N6CCN(C(=O)Cc7ccccc7)CC6)n5)CC4)cc3n2)cc1Cl. The number of rotatable bonds is 8. The number of hydrogen-bond donors (Lipinski definition) is 1. The number of hydrogen-bond acceptors (Lipinski definition) is 9. The van der Waals surface area contributed by atoms with Gasteiger partial charge in [0.05, 0.1) is 30.9 Å². The molecule has 0 saturated carbocycles. The summed E-state index contributed by atoms with van der Waals surface area (Å²) < 4.78 is 7.30. The van der Waals surface area contributed by atoms with Gasteiger partial charge in [-0.3, -0.25) is 4.79 Å². The molecule has 5 aromatic rings. The van der Waals surface area contributed by atoms with Gasteiger partial charge in [0.2, 0.25) is 11.9 Å². The molecule has 2 aromatic carbocycles. The van der Waals surface area contributed by atoms with Crippen molar-refractivity contribution in [2.24, 2.45) is 0 Å². The largest absolute Gasteiger partial charge is 0.495 e. The van der Waals surface area contributed by atoms with E-state index < -0.39 is 0 Å². The van der Waals surface area contributed by atoms with Crippen molar-refractivity contribution in [3.8, 4) is 17.0 Å². The van der Waals surface area contributed by atoms with Crippen molar-refractivity contribution in [1.82, 2.24) is 24.3 Å². The third-order valence-electron chi connectivity index (χ3n) is 8.98. The number of piperazine rings is 2. The average molecular weight is 653 g/mol. The summed E-state index contributed by atoms with van der Waals surface area (Å²) in [5, 5.41) is 10.4. The molecule has 7 rings (SSSR count). The average Bonchev–Trinajstić information content (AvgIpc) is 3.56. The molecule has 2 saturated heterocycles. The van der Waals surface area contributed by atoms with Crippen LogP contribution in [0.15, 0.2) is 79.3 Å². The zero-order valence-corrected chi connectivity index (χ0v) is 27.1. The maximum Gasteiger partial charge on any atom is 0.227 e. The first kappa shape index (κ1) is 30.8. The number of methoxy groups -OCH3 is 1. The van der Waals surface area contributed by atoms with E-state index in [-0.39, 0.29) is 12.5 Å². The summed E-state index contributed by atoms with van der Waals surface area (Å²) >= 11 is 6.40. The number of fused-ring (bicyclic) bond motifs is 1. The second-order valence-electron chi connectivity index (χ2n) is 11.8. The van der Waals surface area contributed by atoms with Crippen LogP contribution >= 0.6 is 11.6 Å². The highest BCUT2D eigenvalue weighted by molar-refractivity contribution is 6.32. The van der Waals surface area contributed by atoms with Crippen molar-refractivity contribution in [2.45, 2.75) is 13.0 Å². The number of carbonyl (C=O) groups excluding carboxylic acids is 1. The van der Waals surface area contributed by atoms with Crippen LogP contribution in [-0.2, 0) is 17.8 Å². The van der Waals surface area contributed by atoms with E-state index in [9.17, 15) is 9.90 Å². The first-order valence-corrected chi connectivity index (χ1v) is 16.2. The summed E-state index contributed by atoms with van der Waals surface area (Å²) in [5.74, 6) is 2.32. The minimum Gasteiger partial charge on any atom is -0.495 e. The molecule has 0 radical (unpaired) electrons. The minimum absolute atomic E-state index is 0.147. The number of aromatic nitrogens is 4. The number of amides is 1. The summed E-state index contributed by atoms with van der Waals surface area (Å²) in [6, 6.07) is 19.6. The Bertz CT molecular complexity index is 1870. The van der Waals surface area contributed by atoms with Crippen molar-refractivity contribution in [1.29, 1.82) is 0 Å². The van der Waals surface area contributed by atoms with E-state index in [1.54, 1.807) is 19.2 Å². The van der Waals surface area contributed by atoms with Crippen LogP contribution in [0.2, 0.25) is 5.02 Å². The van der Waals surface area contributed by atoms with E-state index in [0.29, 0.717) is 35.8 Å². The number of aliphatic hydroxyl groups is 1. The third kappa shape index (κ3) is 6.54. The zero-order chi connectivity index (χ0) is 32.3. The molecule has 0 aliphatic carbocycles. The summed E-state index contributed by atoms with van der Waals surface area (Å²) in [6.45, 7) is 5.94. The lowest BCUT2D eigenvalue weighted by atomic mass is 10.1. The summed E-state index contributed by atoms with van der Waals surface area (Å²) in [4.78, 5) is 36.0. The molecule has 5 heterocycles. The van der Waals surface area contributed by atoms with Crippen LogP contribution in [0.3, 0.4) is 0 Å². The first-order chi connectivity index (χ1) is 23.0. The van der Waals surface area contributed by atoms with Gasteiger partial charge in [0.25, 0.3) is 0 Å². The van der Waals surface area contributed by atoms with Gasteiger partial charge in [-0.15, -0.1) is 0 Å². The Morgan fingerprint density at radius 1 is 0.894 bits per heavy atom. The van der Waals surface area contributed by atoms with Crippen LogP contribution in [0.25, 0.3) is 16.9 Å². The van der Waals surface area contributed by atoms with Gasteiger partial charge in [-0.25, -0.2) is 9.97 Å². The van der Waals surface area contributed by atoms with Crippen LogP contribution < -0.4 is 19.4 Å². The van der Waals surface area contributed by atoms with Crippen molar-refractivity contribution in [2.75, 3.05) is 74.2 Å². The van der Waals surface area contributed by atoms with Crippen molar-refractivity contribution >= 4 is 40.6 Å². The van der Waals surface area contributed by atoms with Crippen LogP contribution in [0.4, 0.5) is 17.5 Å². The van der Waals surface area contributed by atoms with Gasteiger partial charge >= 0.3 is 0 Å². The molecular formula is C35H37ClN8O3. The Kier molecular flexibility index (Phi) is 8.82. The van der Waals surface area contributed by atoms with Crippen molar-refractivity contribution in [3.05, 3.63) is 95.4 Å². The number of pyridine rings is 1. The Hall–Kier alpha value is -4.87. The monoisotopic (exact) mass is 652 g/mol. The molecule has 12 heteroatoms. The number of ether oxygens (including phenoxy) is 1. The summed E-state index contributed by atoms with van der Waals surface area (Å²) in [7, 11) is 1.56. The maximum absolute atomic E-state index is 12.8. The Morgan fingerprint density at radius 3 is 2.38 bits per heavy atom. The van der Waals surface area contributed by atoms with Gasteiger partial charge in [-0.1, -0.05) is 41.9 Å². The number of benzene rings is 2. The molecule has 3 aromatic heterocycles. The molecule has 1 amide bonds. The minimum atomic E-state index is -0.147. The van der Waals surface area contributed by atoms with Crippen molar-refractivity contribution < 1.29 is 14.6 Å². The zero-order valence-electron chi connectivity index (χ0n) is 26.3. The predicted octanol–water partition coefficient (Wildman–Crippen LogP) is 4.16. The second-order valence-corrected chi connectivity index (χ2v) is 12.2. The van der Waals surface area contributed by atoms with E-state index in [1.807, 2.05) is 64.3 Å². The smallest absolute Gasteiger partial charge is 0.227 e. The van der Waals surface area contributed by atoms with Gasteiger partial charge in [-0.2, -0.15) is 4.98 Å². The quantitative estimate of drug-likeness (QED) is 0.265. The third-order valence-corrected chi connectivity index (χ3v) is 9.27. The van der Waals surface area contributed by atoms with Gasteiger partial charge in [-0.05, 0) is 35.4 Å². The van der Waals surface area contributed by atoms with E-state index in [4.69, 9.17) is 26.3 Å². The summed E-state index contributed by atoms with van der Waals surface area (Å²) in [6.07, 6.45) is 6.23. The number of anilines is 3. The number of carbonyl (C=O) groups is 1. The summed E-state index contributed by atoms with van der Waals surface area (Å²) in [5.41, 5.74) is 5.17. The van der Waals surface area contributed by atoms with Gasteiger partial charge in [0.1, 0.15) is 17.2 Å². The lowest BCUT2D eigenvalue weighted by Gasteiger charge is -2.37. The Labute approximate surface area is 278 Å². The first-order valence-electron chi connectivity index (χ1n) is 15.8. The molecule has 242 valence electrons. The van der Waals surface area contributed by atoms with Gasteiger partial charge in [0.15, 0.2) is 0 Å². The lowest BCUT2D eigenvalue weighted by Crippen LogP contribution is -2.50. The highest BCUT2D eigenvalue weighted by Gasteiger charge is 2.24. The molecule has 0 atom stereocenters. The lowest BCUT2D eigenvalue weighted by molar-refractivity contribution is -0.130. The molecule has 0 spiro atoms. The number of nitrogens with zero attached hydrogens (tertiary/aromatic N) is 8. The topological polar surface area (TPSA) is 103 Å². The van der Waals surface area contributed by atoms with Crippen LogP contribution in [0, 0.1) is 0 Å². The highest BCUT2D eigenvalue weighted by Crippen LogP contribution is 2.34. The molecule has 2 aliphatic heterocycles. The fourth-order valence-electron chi connectivity index (χ4n) is 6.32. The van der Waals surface area contributed by atoms with Crippen molar-refractivity contribution in [3.63, 3.8) is 0 Å². The second kappa shape index (κ2) is 13.5. The predicted molar refractivity (Wildman–Crippen MR) is 184 cm³/mol. The standard InChI is InChI=1S/C35H37ClN8O3/c1-47-31-20-26(24-45)28(22-29(31)36)30-23-44-10-8-27(21-33(44)38-30)40-11-17-43(18-12-40)35-37-9-7-32(39-35)41-13-15-42(16-14-41)34(46)19-25-5-3-2-4-6-25/h2-10,20-23,45H,11-19,24H2,1H3. The van der Waals surface area contributed by atoms with Gasteiger partial charge in [0, 0.05) is 88.3 Å². The maximum atomic E-state index is 12.8. The Balaban J connectivity index is 0.972. The van der Waals surface area contributed by atoms with E-state index >= 15 is 0 Å². The van der Waals surface area contributed by atoms with Crippen LogP contribution in [0.1, 0.15) is 11.1 Å². The normalized spacial score (nSPS) is 15.4. The molecule has 0 unspecified atom stereocenters. The molecule has 0 bridgehead atoms. The van der Waals surface area contributed by atoms with E-state index in [1.165, 1.54) is 0 Å². The number of aliphatic hydroxyl groups excluding tert-OH is 1. The number of halogens is 1. The van der Waals surface area contributed by atoms with E-state index in [0.717, 1.165) is 79.2 Å². The molecule has 1 N–H and O–H groups in total. The van der Waals surface area contributed by atoms with Crippen LogP contribution in [0.5, 0.6) is 5.75 Å². The molecule has 11 nitrogen and oxygen atoms in total. The molecule has 2 fully saturated rings. The fourth-order valence-corrected chi connectivity index (χ4v) is 6.56. The fraction of sp³-hybridized carbons (Fsp3) is 0.314. The Morgan fingerprint density at radius 2 is 1.64 bits per heavy atom. The molecule has 2 aliphatic rings. The molecule has 47 heavy (non-hydrogen) atoms.